The molecule has 17 heavy (non-hydrogen) atoms. The standard InChI is InChI=1S/C12H14BrNO3/c1-16-9-5-8(6-10(7-9)17-2)14-4-3-11(13)12(14)15/h5-7,11H,3-4H2,1-2H3. The largest absolute Gasteiger partial charge is 0.497 e. The van der Waals surface area contributed by atoms with Crippen LogP contribution in [0.1, 0.15) is 6.42 Å². The number of halogens is 1. The smallest absolute Gasteiger partial charge is 0.240 e. The minimum Gasteiger partial charge on any atom is -0.497 e. The molecule has 1 aromatic carbocycles. The monoisotopic (exact) mass is 299 g/mol. The van der Waals surface area contributed by atoms with Crippen LogP contribution in [-0.2, 0) is 4.79 Å². The minimum atomic E-state index is -0.0836. The molecule has 1 atom stereocenters. The second kappa shape index (κ2) is 4.96. The number of carbonyl (C=O) groups excluding carboxylic acids is 1. The molecule has 0 bridgehead atoms. The highest BCUT2D eigenvalue weighted by molar-refractivity contribution is 9.10. The van der Waals surface area contributed by atoms with Crippen LogP contribution in [0.2, 0.25) is 0 Å². The number of hydrogen-bond donors (Lipinski definition) is 0. The molecular formula is C12H14BrNO3. The molecule has 1 saturated heterocycles. The van der Waals surface area contributed by atoms with Gasteiger partial charge in [0.05, 0.1) is 24.7 Å². The highest BCUT2D eigenvalue weighted by atomic mass is 79.9. The van der Waals surface area contributed by atoms with Crippen molar-refractivity contribution in [3.8, 4) is 11.5 Å². The van der Waals surface area contributed by atoms with Gasteiger partial charge in [0.1, 0.15) is 11.5 Å². The Labute approximate surface area is 109 Å². The van der Waals surface area contributed by atoms with Crippen LogP contribution in [-0.4, -0.2) is 31.5 Å². The van der Waals surface area contributed by atoms with Gasteiger partial charge in [-0.2, -0.15) is 0 Å². The second-order valence-corrected chi connectivity index (χ2v) is 4.92. The number of benzene rings is 1. The van der Waals surface area contributed by atoms with Crippen molar-refractivity contribution in [2.24, 2.45) is 0 Å². The van der Waals surface area contributed by atoms with Gasteiger partial charge in [0.2, 0.25) is 5.91 Å². The molecule has 5 heteroatoms. The first kappa shape index (κ1) is 12.2. The van der Waals surface area contributed by atoms with Crippen molar-refractivity contribution >= 4 is 27.5 Å². The predicted octanol–water partition coefficient (Wildman–Crippen LogP) is 2.20. The lowest BCUT2D eigenvalue weighted by atomic mass is 10.2. The predicted molar refractivity (Wildman–Crippen MR) is 69.2 cm³/mol. The Bertz CT molecular complexity index is 414. The van der Waals surface area contributed by atoms with E-state index in [1.807, 2.05) is 12.1 Å². The lowest BCUT2D eigenvalue weighted by Gasteiger charge is -2.17. The fourth-order valence-corrected chi connectivity index (χ4v) is 2.30. The Balaban J connectivity index is 2.34. The molecule has 4 nitrogen and oxygen atoms in total. The normalized spacial score (nSPS) is 19.6. The first-order chi connectivity index (χ1) is 8.15. The van der Waals surface area contributed by atoms with Crippen molar-refractivity contribution in [2.75, 3.05) is 25.7 Å². The summed E-state index contributed by atoms with van der Waals surface area (Å²) in [7, 11) is 3.19. The van der Waals surface area contributed by atoms with E-state index < -0.39 is 0 Å². The molecular weight excluding hydrogens is 286 g/mol. The maximum Gasteiger partial charge on any atom is 0.240 e. The zero-order valence-corrected chi connectivity index (χ0v) is 11.4. The molecule has 1 heterocycles. The van der Waals surface area contributed by atoms with Gasteiger partial charge >= 0.3 is 0 Å². The molecule has 0 aliphatic carbocycles. The van der Waals surface area contributed by atoms with E-state index in [1.54, 1.807) is 25.2 Å². The van der Waals surface area contributed by atoms with Crippen molar-refractivity contribution in [1.82, 2.24) is 0 Å². The summed E-state index contributed by atoms with van der Waals surface area (Å²) in [6.45, 7) is 0.713. The van der Waals surface area contributed by atoms with Gasteiger partial charge in [-0.1, -0.05) is 15.9 Å². The van der Waals surface area contributed by atoms with Crippen LogP contribution in [0.5, 0.6) is 11.5 Å². The summed E-state index contributed by atoms with van der Waals surface area (Å²) in [4.78, 5) is 13.6. The van der Waals surface area contributed by atoms with Crippen LogP contribution in [0.15, 0.2) is 18.2 Å². The van der Waals surface area contributed by atoms with Gasteiger partial charge in [0, 0.05) is 24.7 Å². The Morgan fingerprint density at radius 1 is 1.24 bits per heavy atom. The summed E-state index contributed by atoms with van der Waals surface area (Å²) < 4.78 is 10.4. The number of nitrogens with zero attached hydrogens (tertiary/aromatic N) is 1. The number of ether oxygens (including phenoxy) is 2. The minimum absolute atomic E-state index is 0.0836. The van der Waals surface area contributed by atoms with Crippen LogP contribution in [0.25, 0.3) is 0 Å². The van der Waals surface area contributed by atoms with Gasteiger partial charge < -0.3 is 14.4 Å². The first-order valence-corrected chi connectivity index (χ1v) is 6.26. The highest BCUT2D eigenvalue weighted by Gasteiger charge is 2.30. The van der Waals surface area contributed by atoms with E-state index >= 15 is 0 Å². The van der Waals surface area contributed by atoms with Gasteiger partial charge in [0.15, 0.2) is 0 Å². The lowest BCUT2D eigenvalue weighted by molar-refractivity contribution is -0.116. The molecule has 0 spiro atoms. The van der Waals surface area contributed by atoms with E-state index in [1.165, 1.54) is 0 Å². The third-order valence-electron chi connectivity index (χ3n) is 2.79. The number of rotatable bonds is 3. The first-order valence-electron chi connectivity index (χ1n) is 5.34. The Kier molecular flexibility index (Phi) is 3.57. The number of alkyl halides is 1. The van der Waals surface area contributed by atoms with Crippen molar-refractivity contribution in [1.29, 1.82) is 0 Å². The lowest BCUT2D eigenvalue weighted by Crippen LogP contribution is -2.27. The summed E-state index contributed by atoms with van der Waals surface area (Å²) >= 11 is 3.36. The van der Waals surface area contributed by atoms with Crippen molar-refractivity contribution in [2.45, 2.75) is 11.2 Å². The van der Waals surface area contributed by atoms with Crippen molar-refractivity contribution in [3.63, 3.8) is 0 Å². The van der Waals surface area contributed by atoms with Crippen molar-refractivity contribution in [3.05, 3.63) is 18.2 Å². The number of methoxy groups -OCH3 is 2. The maximum atomic E-state index is 11.9. The molecule has 1 fully saturated rings. The molecule has 1 aliphatic heterocycles. The quantitative estimate of drug-likeness (QED) is 0.803. The SMILES string of the molecule is COc1cc(OC)cc(N2CCC(Br)C2=O)c1. The van der Waals surface area contributed by atoms with E-state index in [2.05, 4.69) is 15.9 Å². The molecule has 2 rings (SSSR count). The van der Waals surface area contributed by atoms with Gasteiger partial charge in [-0.05, 0) is 6.42 Å². The zero-order valence-electron chi connectivity index (χ0n) is 9.77. The van der Waals surface area contributed by atoms with E-state index in [9.17, 15) is 4.79 Å². The fourth-order valence-electron chi connectivity index (χ4n) is 1.85. The fraction of sp³-hybridized carbons (Fsp3) is 0.417. The third-order valence-corrected chi connectivity index (χ3v) is 3.64. The molecule has 1 amide bonds. The number of amides is 1. The Hall–Kier alpha value is -1.23. The van der Waals surface area contributed by atoms with Crippen LogP contribution in [0.3, 0.4) is 0 Å². The van der Waals surface area contributed by atoms with Gasteiger partial charge in [0.25, 0.3) is 0 Å². The molecule has 1 aliphatic rings. The molecule has 0 radical (unpaired) electrons. The molecule has 0 N–H and O–H groups in total. The highest BCUT2D eigenvalue weighted by Crippen LogP contribution is 2.32. The van der Waals surface area contributed by atoms with Gasteiger partial charge in [-0.3, -0.25) is 4.79 Å². The molecule has 0 aromatic heterocycles. The third kappa shape index (κ3) is 2.39. The van der Waals surface area contributed by atoms with Crippen LogP contribution in [0.4, 0.5) is 5.69 Å². The zero-order chi connectivity index (χ0) is 12.4. The van der Waals surface area contributed by atoms with E-state index in [-0.39, 0.29) is 10.7 Å². The summed E-state index contributed by atoms with van der Waals surface area (Å²) in [5, 5.41) is 0. The molecule has 1 unspecified atom stereocenters. The van der Waals surface area contributed by atoms with Crippen molar-refractivity contribution < 1.29 is 14.3 Å². The molecule has 92 valence electrons. The van der Waals surface area contributed by atoms with Gasteiger partial charge in [-0.15, -0.1) is 0 Å². The second-order valence-electron chi connectivity index (χ2n) is 3.82. The average molecular weight is 300 g/mol. The number of carbonyl (C=O) groups is 1. The summed E-state index contributed by atoms with van der Waals surface area (Å²) in [5.41, 5.74) is 0.813. The average Bonchev–Trinajstić information content (AvgIpc) is 2.69. The number of hydrogen-bond acceptors (Lipinski definition) is 3. The molecule has 0 saturated carbocycles. The van der Waals surface area contributed by atoms with Crippen LogP contribution in [0, 0.1) is 0 Å². The maximum absolute atomic E-state index is 11.9. The van der Waals surface area contributed by atoms with E-state index in [0.29, 0.717) is 18.0 Å². The van der Waals surface area contributed by atoms with E-state index in [0.717, 1.165) is 12.1 Å². The number of anilines is 1. The van der Waals surface area contributed by atoms with Crippen LogP contribution < -0.4 is 14.4 Å². The Morgan fingerprint density at radius 2 is 1.82 bits per heavy atom. The summed E-state index contributed by atoms with van der Waals surface area (Å²) in [6, 6.07) is 5.46. The topological polar surface area (TPSA) is 38.8 Å². The van der Waals surface area contributed by atoms with Gasteiger partial charge in [-0.25, -0.2) is 0 Å². The Morgan fingerprint density at radius 3 is 2.24 bits per heavy atom. The van der Waals surface area contributed by atoms with E-state index in [4.69, 9.17) is 9.47 Å². The van der Waals surface area contributed by atoms with Crippen LogP contribution >= 0.6 is 15.9 Å². The summed E-state index contributed by atoms with van der Waals surface area (Å²) in [6.07, 6.45) is 0.818. The summed E-state index contributed by atoms with van der Waals surface area (Å²) in [5.74, 6) is 1.45. The molecule has 1 aromatic rings.